The molecule has 0 aliphatic carbocycles. The van der Waals surface area contributed by atoms with Gasteiger partial charge < -0.3 is 4.98 Å². The molecule has 126 valence electrons. The van der Waals surface area contributed by atoms with E-state index in [4.69, 9.17) is 4.98 Å². The first-order valence-electron chi connectivity index (χ1n) is 8.49. The minimum Gasteiger partial charge on any atom is -0.306 e. The number of fused-ring (bicyclic) bond motifs is 1. The van der Waals surface area contributed by atoms with Crippen LogP contribution in [-0.4, -0.2) is 26.4 Å². The van der Waals surface area contributed by atoms with E-state index >= 15 is 0 Å². The van der Waals surface area contributed by atoms with Crippen LogP contribution in [0.3, 0.4) is 0 Å². The Morgan fingerprint density at radius 2 is 1.88 bits per heavy atom. The quantitative estimate of drug-likeness (QED) is 0.801. The summed E-state index contributed by atoms with van der Waals surface area (Å²) in [5.74, 6) is 0.614. The van der Waals surface area contributed by atoms with Gasteiger partial charge in [0.25, 0.3) is 5.56 Å². The molecule has 0 saturated carbocycles. The smallest absolute Gasteiger partial charge is 0.254 e. The predicted molar refractivity (Wildman–Crippen MR) is 97.1 cm³/mol. The van der Waals surface area contributed by atoms with Crippen molar-refractivity contribution < 1.29 is 0 Å². The van der Waals surface area contributed by atoms with Crippen LogP contribution in [0.25, 0.3) is 11.4 Å². The third kappa shape index (κ3) is 3.37. The highest BCUT2D eigenvalue weighted by molar-refractivity contribution is 5.54. The van der Waals surface area contributed by atoms with Crippen molar-refractivity contribution in [3.8, 4) is 11.4 Å². The third-order valence-corrected chi connectivity index (χ3v) is 4.63. The zero-order valence-electron chi connectivity index (χ0n) is 14.2. The summed E-state index contributed by atoms with van der Waals surface area (Å²) in [7, 11) is 0. The molecule has 0 bridgehead atoms. The number of benzene rings is 1. The van der Waals surface area contributed by atoms with Gasteiger partial charge in [0.2, 0.25) is 0 Å². The highest BCUT2D eigenvalue weighted by atomic mass is 16.1. The topological polar surface area (TPSA) is 61.9 Å². The van der Waals surface area contributed by atoms with E-state index in [1.165, 1.54) is 11.1 Å². The molecule has 0 fully saturated rings. The van der Waals surface area contributed by atoms with Crippen molar-refractivity contribution in [3.63, 3.8) is 0 Å². The van der Waals surface area contributed by atoms with Crippen LogP contribution in [0.4, 0.5) is 0 Å². The average Bonchev–Trinajstić information content (AvgIpc) is 2.64. The summed E-state index contributed by atoms with van der Waals surface area (Å²) >= 11 is 0. The Balaban J connectivity index is 1.60. The SMILES string of the molecule is Cc1ccc(CN2CCc3c(nc(-c4ccncc4)[nH]c3=O)C2)cc1. The lowest BCUT2D eigenvalue weighted by molar-refractivity contribution is 0.240. The maximum absolute atomic E-state index is 12.4. The molecule has 5 heteroatoms. The molecule has 5 nitrogen and oxygen atoms in total. The number of aromatic nitrogens is 3. The number of pyridine rings is 1. The van der Waals surface area contributed by atoms with E-state index in [-0.39, 0.29) is 5.56 Å². The molecule has 3 heterocycles. The number of nitrogens with one attached hydrogen (secondary N) is 1. The molecule has 0 unspecified atom stereocenters. The van der Waals surface area contributed by atoms with Crippen LogP contribution in [0, 0.1) is 6.92 Å². The summed E-state index contributed by atoms with van der Waals surface area (Å²) in [6.45, 7) is 4.54. The minimum absolute atomic E-state index is 0.0215. The summed E-state index contributed by atoms with van der Waals surface area (Å²) in [5.41, 5.74) is 5.11. The standard InChI is InChI=1S/C20H20N4O/c1-14-2-4-15(5-3-14)12-24-11-8-17-18(13-24)22-19(23-20(17)25)16-6-9-21-10-7-16/h2-7,9-10H,8,11-13H2,1H3,(H,22,23,25). The molecule has 4 rings (SSSR count). The molecule has 1 aliphatic rings. The van der Waals surface area contributed by atoms with Crippen molar-refractivity contribution in [2.75, 3.05) is 6.54 Å². The Kier molecular flexibility index (Phi) is 4.15. The number of rotatable bonds is 3. The molecule has 25 heavy (non-hydrogen) atoms. The Bertz CT molecular complexity index is 932. The second-order valence-electron chi connectivity index (χ2n) is 6.52. The number of nitrogens with zero attached hydrogens (tertiary/aromatic N) is 3. The lowest BCUT2D eigenvalue weighted by Gasteiger charge is -2.27. The maximum Gasteiger partial charge on any atom is 0.254 e. The normalized spacial score (nSPS) is 14.3. The van der Waals surface area contributed by atoms with Crippen molar-refractivity contribution in [1.82, 2.24) is 19.9 Å². The molecule has 0 radical (unpaired) electrons. The number of hydrogen-bond acceptors (Lipinski definition) is 4. The van der Waals surface area contributed by atoms with E-state index in [0.29, 0.717) is 12.4 Å². The highest BCUT2D eigenvalue weighted by Crippen LogP contribution is 2.19. The van der Waals surface area contributed by atoms with Crippen LogP contribution < -0.4 is 5.56 Å². The van der Waals surface area contributed by atoms with Gasteiger partial charge in [-0.3, -0.25) is 14.7 Å². The molecule has 1 aliphatic heterocycles. The Hall–Kier alpha value is -2.79. The van der Waals surface area contributed by atoms with Gasteiger partial charge in [-0.2, -0.15) is 0 Å². The van der Waals surface area contributed by atoms with Crippen LogP contribution in [0.15, 0.2) is 53.6 Å². The number of aryl methyl sites for hydroxylation is 1. The fraction of sp³-hybridized carbons (Fsp3) is 0.250. The average molecular weight is 332 g/mol. The van der Waals surface area contributed by atoms with E-state index in [1.807, 2.05) is 12.1 Å². The maximum atomic E-state index is 12.4. The molecule has 0 spiro atoms. The monoisotopic (exact) mass is 332 g/mol. The first-order valence-corrected chi connectivity index (χ1v) is 8.49. The molecular weight excluding hydrogens is 312 g/mol. The fourth-order valence-corrected chi connectivity index (χ4v) is 3.23. The van der Waals surface area contributed by atoms with Crippen molar-refractivity contribution in [3.05, 3.63) is 81.5 Å². The molecular formula is C20H20N4O. The van der Waals surface area contributed by atoms with Crippen molar-refractivity contribution in [1.29, 1.82) is 0 Å². The van der Waals surface area contributed by atoms with Gasteiger partial charge in [0.05, 0.1) is 5.69 Å². The van der Waals surface area contributed by atoms with Crippen molar-refractivity contribution >= 4 is 0 Å². The molecule has 2 aromatic heterocycles. The lowest BCUT2D eigenvalue weighted by atomic mass is 10.0. The predicted octanol–water partition coefficient (Wildman–Crippen LogP) is 2.70. The zero-order chi connectivity index (χ0) is 17.2. The summed E-state index contributed by atoms with van der Waals surface area (Å²) < 4.78 is 0. The van der Waals surface area contributed by atoms with Crippen molar-refractivity contribution in [2.45, 2.75) is 26.4 Å². The van der Waals surface area contributed by atoms with E-state index in [1.54, 1.807) is 12.4 Å². The van der Waals surface area contributed by atoms with Crippen LogP contribution in [0.2, 0.25) is 0 Å². The summed E-state index contributed by atoms with van der Waals surface area (Å²) in [6.07, 6.45) is 4.15. The Morgan fingerprint density at radius 3 is 2.64 bits per heavy atom. The first-order chi connectivity index (χ1) is 12.2. The molecule has 0 amide bonds. The van der Waals surface area contributed by atoms with Crippen LogP contribution in [0.5, 0.6) is 0 Å². The summed E-state index contributed by atoms with van der Waals surface area (Å²) in [6, 6.07) is 12.3. The van der Waals surface area contributed by atoms with E-state index in [2.05, 4.69) is 46.1 Å². The zero-order valence-corrected chi connectivity index (χ0v) is 14.2. The van der Waals surface area contributed by atoms with Crippen LogP contribution in [0.1, 0.15) is 22.4 Å². The molecule has 0 atom stereocenters. The van der Waals surface area contributed by atoms with Gasteiger partial charge in [0, 0.05) is 43.2 Å². The second kappa shape index (κ2) is 6.61. The van der Waals surface area contributed by atoms with E-state index in [0.717, 1.165) is 36.3 Å². The highest BCUT2D eigenvalue weighted by Gasteiger charge is 2.21. The molecule has 1 aromatic carbocycles. The fourth-order valence-electron chi connectivity index (χ4n) is 3.23. The van der Waals surface area contributed by atoms with Gasteiger partial charge in [0.1, 0.15) is 5.82 Å². The second-order valence-corrected chi connectivity index (χ2v) is 6.52. The van der Waals surface area contributed by atoms with Gasteiger partial charge in [-0.1, -0.05) is 29.8 Å². The molecule has 3 aromatic rings. The van der Waals surface area contributed by atoms with Gasteiger partial charge in [-0.15, -0.1) is 0 Å². The Morgan fingerprint density at radius 1 is 1.12 bits per heavy atom. The minimum atomic E-state index is -0.0215. The van der Waals surface area contributed by atoms with E-state index in [9.17, 15) is 4.79 Å². The number of aromatic amines is 1. The summed E-state index contributed by atoms with van der Waals surface area (Å²) in [4.78, 5) is 26.4. The third-order valence-electron chi connectivity index (χ3n) is 4.63. The van der Waals surface area contributed by atoms with Gasteiger partial charge in [-0.05, 0) is 31.0 Å². The number of hydrogen-bond donors (Lipinski definition) is 1. The first kappa shape index (κ1) is 15.7. The molecule has 1 N–H and O–H groups in total. The lowest BCUT2D eigenvalue weighted by Crippen LogP contribution is -2.35. The Labute approximate surface area is 146 Å². The van der Waals surface area contributed by atoms with Crippen LogP contribution >= 0.6 is 0 Å². The van der Waals surface area contributed by atoms with Crippen molar-refractivity contribution in [2.24, 2.45) is 0 Å². The van der Waals surface area contributed by atoms with E-state index < -0.39 is 0 Å². The molecule has 0 saturated heterocycles. The van der Waals surface area contributed by atoms with Crippen LogP contribution in [-0.2, 0) is 19.5 Å². The largest absolute Gasteiger partial charge is 0.306 e. The summed E-state index contributed by atoms with van der Waals surface area (Å²) in [5, 5.41) is 0. The van der Waals surface area contributed by atoms with Gasteiger partial charge in [-0.25, -0.2) is 4.98 Å². The van der Waals surface area contributed by atoms with Gasteiger partial charge >= 0.3 is 0 Å². The van der Waals surface area contributed by atoms with Gasteiger partial charge in [0.15, 0.2) is 0 Å². The number of H-pyrrole nitrogens is 1.